The minimum atomic E-state index is -4.71. The normalized spacial score (nSPS) is 13.3. The summed E-state index contributed by atoms with van der Waals surface area (Å²) in [5.41, 5.74) is -1.51. The average molecular weight is 274 g/mol. The van der Waals surface area contributed by atoms with Crippen LogP contribution < -0.4 is 5.43 Å². The number of hydrogen-bond acceptors (Lipinski definition) is 3. The Bertz CT molecular complexity index is 476. The van der Waals surface area contributed by atoms with Crippen LogP contribution in [-0.4, -0.2) is 28.5 Å². The minimum absolute atomic E-state index is 0.175. The largest absolute Gasteiger partial charge is 0.435 e. The smallest absolute Gasteiger partial charge is 0.381 e. The summed E-state index contributed by atoms with van der Waals surface area (Å²) < 4.78 is 38.4. The first-order valence-electron chi connectivity index (χ1n) is 5.35. The van der Waals surface area contributed by atoms with Crippen LogP contribution in [0.25, 0.3) is 0 Å². The molecule has 1 rings (SSSR count). The lowest BCUT2D eigenvalue weighted by atomic mass is 10.1. The van der Waals surface area contributed by atoms with E-state index in [1.165, 1.54) is 24.3 Å². The molecule has 0 spiro atoms. The zero-order chi connectivity index (χ0) is 14.7. The molecule has 4 nitrogen and oxygen atoms in total. The molecule has 0 atom stereocenters. The number of benzene rings is 1. The van der Waals surface area contributed by atoms with Crippen molar-refractivity contribution in [1.82, 2.24) is 5.43 Å². The molecule has 0 aliphatic carbocycles. The third kappa shape index (κ3) is 4.36. The summed E-state index contributed by atoms with van der Waals surface area (Å²) in [5, 5.41) is 12.4. The van der Waals surface area contributed by atoms with Crippen molar-refractivity contribution >= 4 is 11.6 Å². The van der Waals surface area contributed by atoms with Crippen LogP contribution >= 0.6 is 0 Å². The van der Waals surface area contributed by atoms with Crippen LogP contribution in [0.5, 0.6) is 0 Å². The van der Waals surface area contributed by atoms with Gasteiger partial charge in [0, 0.05) is 5.56 Å². The van der Waals surface area contributed by atoms with Crippen LogP contribution in [0.4, 0.5) is 13.2 Å². The molecule has 7 heteroatoms. The van der Waals surface area contributed by atoms with Gasteiger partial charge in [0.2, 0.25) is 0 Å². The molecule has 1 amide bonds. The Labute approximate surface area is 107 Å². The lowest BCUT2D eigenvalue weighted by molar-refractivity contribution is -0.136. The van der Waals surface area contributed by atoms with Gasteiger partial charge in [0.05, 0.1) is 0 Å². The number of hydrazone groups is 1. The highest BCUT2D eigenvalue weighted by Crippen LogP contribution is 2.22. The highest BCUT2D eigenvalue weighted by Gasteiger charge is 2.37. The molecule has 2 N–H and O–H groups in total. The van der Waals surface area contributed by atoms with Crippen LogP contribution in [0.1, 0.15) is 19.4 Å². The fraction of sp³-hybridized carbons (Fsp3) is 0.333. The van der Waals surface area contributed by atoms with Gasteiger partial charge in [-0.3, -0.25) is 4.79 Å². The van der Waals surface area contributed by atoms with Gasteiger partial charge in [-0.2, -0.15) is 18.3 Å². The van der Waals surface area contributed by atoms with E-state index in [9.17, 15) is 23.1 Å². The Balaban J connectivity index is 3.04. The molecule has 0 saturated heterocycles. The second kappa shape index (κ2) is 5.40. The number of hydrogen-bond donors (Lipinski definition) is 2. The van der Waals surface area contributed by atoms with Crippen molar-refractivity contribution < 1.29 is 23.1 Å². The molecular weight excluding hydrogens is 261 g/mol. The minimum Gasteiger partial charge on any atom is -0.381 e. The van der Waals surface area contributed by atoms with E-state index < -0.39 is 23.4 Å². The Morgan fingerprint density at radius 1 is 1.21 bits per heavy atom. The van der Waals surface area contributed by atoms with Gasteiger partial charge in [-0.15, -0.1) is 0 Å². The molecule has 1 aromatic carbocycles. The van der Waals surface area contributed by atoms with Crippen molar-refractivity contribution in [3.8, 4) is 0 Å². The molecule has 0 radical (unpaired) electrons. The zero-order valence-electron chi connectivity index (χ0n) is 10.3. The predicted molar refractivity (Wildman–Crippen MR) is 63.5 cm³/mol. The standard InChI is InChI=1S/C12H13F3N2O2/c1-11(2,19)10(18)17-16-9(12(13,14)15)8-6-4-3-5-7-8/h3-7,19H,1-2H3,(H,17,18). The van der Waals surface area contributed by atoms with E-state index in [0.29, 0.717) is 0 Å². The van der Waals surface area contributed by atoms with Crippen LogP contribution in [0, 0.1) is 0 Å². The Hall–Kier alpha value is -1.89. The predicted octanol–water partition coefficient (Wildman–Crippen LogP) is 1.84. The third-order valence-corrected chi connectivity index (χ3v) is 2.14. The van der Waals surface area contributed by atoms with E-state index in [-0.39, 0.29) is 5.56 Å². The fourth-order valence-corrected chi connectivity index (χ4v) is 1.13. The molecular formula is C12H13F3N2O2. The number of alkyl halides is 3. The van der Waals surface area contributed by atoms with Crippen molar-refractivity contribution in [3.05, 3.63) is 35.9 Å². The van der Waals surface area contributed by atoms with Gasteiger partial charge in [-0.1, -0.05) is 30.3 Å². The first-order valence-corrected chi connectivity index (χ1v) is 5.35. The van der Waals surface area contributed by atoms with Gasteiger partial charge in [0.15, 0.2) is 5.71 Å². The molecule has 0 heterocycles. The van der Waals surface area contributed by atoms with E-state index in [1.807, 2.05) is 0 Å². The van der Waals surface area contributed by atoms with E-state index in [0.717, 1.165) is 13.8 Å². The second-order valence-corrected chi connectivity index (χ2v) is 4.32. The molecule has 0 fully saturated rings. The highest BCUT2D eigenvalue weighted by molar-refractivity contribution is 6.05. The number of halogens is 3. The van der Waals surface area contributed by atoms with Crippen LogP contribution in [0.3, 0.4) is 0 Å². The quantitative estimate of drug-likeness (QED) is 0.652. The Kier molecular flexibility index (Phi) is 4.31. The maximum Gasteiger partial charge on any atom is 0.435 e. The third-order valence-electron chi connectivity index (χ3n) is 2.14. The Morgan fingerprint density at radius 3 is 2.16 bits per heavy atom. The summed E-state index contributed by atoms with van der Waals surface area (Å²) in [4.78, 5) is 11.3. The first kappa shape index (κ1) is 15.2. The average Bonchev–Trinajstić information content (AvgIpc) is 2.27. The molecule has 0 bridgehead atoms. The van der Waals surface area contributed by atoms with E-state index >= 15 is 0 Å². The molecule has 1 aromatic rings. The molecule has 0 aliphatic heterocycles. The summed E-state index contributed by atoms with van der Waals surface area (Å²) in [6.45, 7) is 2.29. The lowest BCUT2D eigenvalue weighted by Gasteiger charge is -2.16. The molecule has 19 heavy (non-hydrogen) atoms. The first-order chi connectivity index (χ1) is 8.62. The molecule has 0 unspecified atom stereocenters. The van der Waals surface area contributed by atoms with Crippen LogP contribution in [0.2, 0.25) is 0 Å². The summed E-state index contributed by atoms with van der Waals surface area (Å²) in [6, 6.07) is 6.86. The van der Waals surface area contributed by atoms with Crippen molar-refractivity contribution in [2.24, 2.45) is 5.10 Å². The van der Waals surface area contributed by atoms with Crippen LogP contribution in [0.15, 0.2) is 35.4 Å². The summed E-state index contributed by atoms with van der Waals surface area (Å²) in [6.07, 6.45) is -4.71. The summed E-state index contributed by atoms with van der Waals surface area (Å²) in [7, 11) is 0. The number of nitrogens with one attached hydrogen (secondary N) is 1. The summed E-state index contributed by atoms with van der Waals surface area (Å²) >= 11 is 0. The molecule has 0 aliphatic rings. The van der Waals surface area contributed by atoms with Crippen molar-refractivity contribution in [1.29, 1.82) is 0 Å². The second-order valence-electron chi connectivity index (χ2n) is 4.32. The molecule has 0 aromatic heterocycles. The van der Waals surface area contributed by atoms with Crippen LogP contribution in [-0.2, 0) is 4.79 Å². The molecule has 0 saturated carbocycles. The van der Waals surface area contributed by atoms with Gasteiger partial charge in [-0.25, -0.2) is 5.43 Å². The number of rotatable bonds is 3. The van der Waals surface area contributed by atoms with Gasteiger partial charge in [0.1, 0.15) is 5.60 Å². The lowest BCUT2D eigenvalue weighted by Crippen LogP contribution is -2.41. The van der Waals surface area contributed by atoms with Crippen molar-refractivity contribution in [3.63, 3.8) is 0 Å². The number of carbonyl (C=O) groups excluding carboxylic acids is 1. The number of amides is 1. The number of carbonyl (C=O) groups is 1. The van der Waals surface area contributed by atoms with Gasteiger partial charge < -0.3 is 5.11 Å². The van der Waals surface area contributed by atoms with Crippen molar-refractivity contribution in [2.45, 2.75) is 25.6 Å². The van der Waals surface area contributed by atoms with E-state index in [4.69, 9.17) is 0 Å². The summed E-state index contributed by atoms with van der Waals surface area (Å²) in [5.74, 6) is -1.02. The van der Waals surface area contributed by atoms with Gasteiger partial charge >= 0.3 is 6.18 Å². The van der Waals surface area contributed by atoms with Gasteiger partial charge in [0.25, 0.3) is 5.91 Å². The maximum absolute atomic E-state index is 12.8. The monoisotopic (exact) mass is 274 g/mol. The molecule has 104 valence electrons. The topological polar surface area (TPSA) is 61.7 Å². The van der Waals surface area contributed by atoms with E-state index in [1.54, 1.807) is 11.5 Å². The Morgan fingerprint density at radius 2 is 1.74 bits per heavy atom. The number of nitrogens with zero attached hydrogens (tertiary/aromatic N) is 1. The van der Waals surface area contributed by atoms with E-state index in [2.05, 4.69) is 5.10 Å². The fourth-order valence-electron chi connectivity index (χ4n) is 1.13. The maximum atomic E-state index is 12.8. The SMILES string of the molecule is CC(C)(O)C(=O)NN=C(c1ccccc1)C(F)(F)F. The van der Waals surface area contributed by atoms with Gasteiger partial charge in [-0.05, 0) is 13.8 Å². The highest BCUT2D eigenvalue weighted by atomic mass is 19.4. The number of aliphatic hydroxyl groups is 1. The zero-order valence-corrected chi connectivity index (χ0v) is 10.3. The van der Waals surface area contributed by atoms with Crippen molar-refractivity contribution in [2.75, 3.05) is 0 Å².